The molecule has 2 heterocycles. The first-order valence-corrected chi connectivity index (χ1v) is 17.0. The van der Waals surface area contributed by atoms with Gasteiger partial charge in [-0.25, -0.2) is 4.98 Å². The number of nitrogens with one attached hydrogen (secondary N) is 2. The molecule has 0 bridgehead atoms. The van der Waals surface area contributed by atoms with Crippen LogP contribution in [0.15, 0.2) is 65.5 Å². The molecular weight excluding hydrogens is 624 g/mol. The van der Waals surface area contributed by atoms with Crippen molar-refractivity contribution >= 4 is 23.5 Å². The molecule has 6 N–H and O–H groups in total. The van der Waals surface area contributed by atoms with Crippen LogP contribution in [0, 0.1) is 0 Å². The van der Waals surface area contributed by atoms with E-state index in [1.165, 1.54) is 0 Å². The summed E-state index contributed by atoms with van der Waals surface area (Å²) in [6.45, 7) is 6.84. The van der Waals surface area contributed by atoms with E-state index in [-0.39, 0.29) is 24.4 Å². The number of allylic oxidation sites excluding steroid dienone is 3. The number of amides is 2. The van der Waals surface area contributed by atoms with Crippen LogP contribution >= 0.6 is 0 Å². The average Bonchev–Trinajstić information content (AvgIpc) is 3.27. The van der Waals surface area contributed by atoms with Crippen LogP contribution in [-0.4, -0.2) is 97.6 Å². The third-order valence-electron chi connectivity index (χ3n) is 9.02. The van der Waals surface area contributed by atoms with Crippen LogP contribution in [0.2, 0.25) is 0 Å². The normalized spacial score (nSPS) is 15.8. The molecule has 1 atom stereocenters. The van der Waals surface area contributed by atoms with Gasteiger partial charge in [-0.3, -0.25) is 9.59 Å². The van der Waals surface area contributed by atoms with Crippen LogP contribution in [0.1, 0.15) is 61.0 Å². The minimum Gasteiger partial charge on any atom is -0.512 e. The van der Waals surface area contributed by atoms with E-state index in [1.54, 1.807) is 32.2 Å². The number of methoxy groups -OCH3 is 1. The zero-order valence-corrected chi connectivity index (χ0v) is 29.2. The second-order valence-corrected chi connectivity index (χ2v) is 12.7. The molecule has 2 aliphatic rings. The molecule has 0 spiro atoms. The van der Waals surface area contributed by atoms with E-state index in [1.807, 2.05) is 54.1 Å². The fourth-order valence-corrected chi connectivity index (χ4v) is 5.79. The largest absolute Gasteiger partial charge is 0.512 e. The number of nitrogens with two attached hydrogens (primary N) is 1. The number of nitrogens with zero attached hydrogens (tertiary/aromatic N) is 3. The second-order valence-electron chi connectivity index (χ2n) is 12.7. The highest BCUT2D eigenvalue weighted by molar-refractivity contribution is 5.95. The molecule has 12 nitrogen and oxygen atoms in total. The Bertz CT molecular complexity index is 1530. The SMILES string of the molecule is COCCN(C)c1cc(C(=O)NC[C@@H](O)CCc2ccc(OCC3=CCC(O)=CC=C3C)cc2CN)cc(NC2CCN(C(C)=O)CC2)n1. The van der Waals surface area contributed by atoms with Gasteiger partial charge in [0, 0.05) is 71.8 Å². The average molecular weight is 677 g/mol. The summed E-state index contributed by atoms with van der Waals surface area (Å²) in [7, 11) is 3.54. The number of hydrogen-bond donors (Lipinski definition) is 5. The van der Waals surface area contributed by atoms with Crippen LogP contribution in [-0.2, 0) is 22.5 Å². The minimum atomic E-state index is -0.762. The zero-order chi connectivity index (χ0) is 35.3. The van der Waals surface area contributed by atoms with E-state index in [2.05, 4.69) is 10.6 Å². The van der Waals surface area contributed by atoms with Crippen molar-refractivity contribution in [1.82, 2.24) is 15.2 Å². The lowest BCUT2D eigenvalue weighted by molar-refractivity contribution is -0.129. The highest BCUT2D eigenvalue weighted by atomic mass is 16.5. The van der Waals surface area contributed by atoms with Gasteiger partial charge >= 0.3 is 0 Å². The number of likely N-dealkylation sites (N-methyl/N-ethyl adjacent to an activating group) is 1. The van der Waals surface area contributed by atoms with Gasteiger partial charge < -0.3 is 45.9 Å². The van der Waals surface area contributed by atoms with Gasteiger partial charge in [0.05, 0.1) is 18.5 Å². The van der Waals surface area contributed by atoms with Crippen molar-refractivity contribution in [3.05, 3.63) is 82.2 Å². The molecule has 49 heavy (non-hydrogen) atoms. The van der Waals surface area contributed by atoms with Crippen LogP contribution < -0.4 is 26.0 Å². The lowest BCUT2D eigenvalue weighted by atomic mass is 10.0. The summed E-state index contributed by atoms with van der Waals surface area (Å²) >= 11 is 0. The number of pyridine rings is 1. The number of anilines is 2. The molecule has 1 fully saturated rings. The predicted molar refractivity (Wildman–Crippen MR) is 192 cm³/mol. The molecule has 1 saturated heterocycles. The monoisotopic (exact) mass is 676 g/mol. The van der Waals surface area contributed by atoms with Gasteiger partial charge in [0.15, 0.2) is 0 Å². The Labute approximate surface area is 289 Å². The maximum atomic E-state index is 13.3. The number of carbonyl (C=O) groups excluding carboxylic acids is 2. The number of rotatable bonds is 16. The van der Waals surface area contributed by atoms with E-state index in [9.17, 15) is 19.8 Å². The quantitative estimate of drug-likeness (QED) is 0.177. The number of aryl methyl sites for hydroxylation is 1. The Morgan fingerprint density at radius 3 is 2.65 bits per heavy atom. The highest BCUT2D eigenvalue weighted by Gasteiger charge is 2.22. The lowest BCUT2D eigenvalue weighted by Crippen LogP contribution is -2.41. The molecule has 1 aromatic carbocycles. The molecule has 0 radical (unpaired) electrons. The van der Waals surface area contributed by atoms with Crippen LogP contribution in [0.5, 0.6) is 5.75 Å². The predicted octanol–water partition coefficient (Wildman–Crippen LogP) is 3.87. The number of aromatic nitrogens is 1. The van der Waals surface area contributed by atoms with Gasteiger partial charge in [-0.1, -0.05) is 18.2 Å². The fourth-order valence-electron chi connectivity index (χ4n) is 5.79. The maximum absolute atomic E-state index is 13.3. The first kappa shape index (κ1) is 37.4. The number of ether oxygens (including phenoxy) is 2. The first-order valence-electron chi connectivity index (χ1n) is 17.0. The number of aliphatic hydroxyl groups excluding tert-OH is 2. The number of carbonyl (C=O) groups is 2. The summed E-state index contributed by atoms with van der Waals surface area (Å²) in [4.78, 5) is 33.6. The van der Waals surface area contributed by atoms with Gasteiger partial charge in [0.25, 0.3) is 5.91 Å². The summed E-state index contributed by atoms with van der Waals surface area (Å²) in [6, 6.07) is 9.40. The molecular formula is C37H52N6O6. The smallest absolute Gasteiger partial charge is 0.251 e. The Morgan fingerprint density at radius 2 is 1.94 bits per heavy atom. The highest BCUT2D eigenvalue weighted by Crippen LogP contribution is 2.24. The van der Waals surface area contributed by atoms with Gasteiger partial charge in [-0.2, -0.15) is 0 Å². The zero-order valence-electron chi connectivity index (χ0n) is 29.2. The number of piperidine rings is 1. The van der Waals surface area contributed by atoms with Crippen LogP contribution in [0.25, 0.3) is 0 Å². The van der Waals surface area contributed by atoms with Gasteiger partial charge in [0.1, 0.15) is 24.0 Å². The summed E-state index contributed by atoms with van der Waals surface area (Å²) in [5.41, 5.74) is 10.5. The summed E-state index contributed by atoms with van der Waals surface area (Å²) in [6.07, 6.45) is 7.88. The lowest BCUT2D eigenvalue weighted by Gasteiger charge is -2.32. The van der Waals surface area contributed by atoms with E-state index in [0.29, 0.717) is 87.4 Å². The number of aliphatic hydroxyl groups is 2. The third-order valence-corrected chi connectivity index (χ3v) is 9.02. The van der Waals surface area contributed by atoms with Crippen molar-refractivity contribution < 1.29 is 29.3 Å². The van der Waals surface area contributed by atoms with Gasteiger partial charge in [0.2, 0.25) is 5.91 Å². The Morgan fingerprint density at radius 1 is 1.16 bits per heavy atom. The summed E-state index contributed by atoms with van der Waals surface area (Å²) in [5, 5.41) is 27.0. The number of benzene rings is 1. The summed E-state index contributed by atoms with van der Waals surface area (Å²) in [5.74, 6) is 2.01. The molecule has 2 aromatic rings. The van der Waals surface area contributed by atoms with Gasteiger partial charge in [-0.15, -0.1) is 0 Å². The minimum absolute atomic E-state index is 0.0791. The second kappa shape index (κ2) is 18.4. The van der Waals surface area contributed by atoms with Crippen molar-refractivity contribution in [2.24, 2.45) is 5.73 Å². The number of likely N-dealkylation sites (tertiary alicyclic amines) is 1. The van der Waals surface area contributed by atoms with Gasteiger partial charge in [-0.05, 0) is 85.2 Å². The standard InChI is InChI=1S/C37H52N6O6/c1-25-5-9-32(45)10-7-28(25)24-49-34-12-8-27(30(19-34)22-38)6-11-33(46)23-39-37(47)29-20-35(41-36(21-29)42(3)17-18-48-4)40-31-13-15-43(16-14-31)26(2)44/h5,7-9,12,19-21,31,33,45-46H,6,10-11,13-18,22-24,38H2,1-4H3,(H,39,47)(H,40,41)/t33-/m0/s1. The Hall–Kier alpha value is -4.39. The van der Waals surface area contributed by atoms with E-state index < -0.39 is 6.10 Å². The van der Waals surface area contributed by atoms with Crippen molar-refractivity contribution in [3.63, 3.8) is 0 Å². The topological polar surface area (TPSA) is 163 Å². The molecule has 266 valence electrons. The van der Waals surface area contributed by atoms with Crippen molar-refractivity contribution in [3.8, 4) is 5.75 Å². The molecule has 12 heteroatoms. The first-order chi connectivity index (χ1) is 23.6. The molecule has 1 aliphatic carbocycles. The molecule has 1 aliphatic heterocycles. The Kier molecular flexibility index (Phi) is 14.1. The van der Waals surface area contributed by atoms with Crippen molar-refractivity contribution in [2.75, 3.05) is 63.8 Å². The molecule has 0 saturated carbocycles. The Balaban J connectivity index is 1.32. The molecule has 2 amide bonds. The van der Waals surface area contributed by atoms with E-state index >= 15 is 0 Å². The van der Waals surface area contributed by atoms with E-state index in [0.717, 1.165) is 35.1 Å². The fraction of sp³-hybridized carbons (Fsp3) is 0.486. The molecule has 4 rings (SSSR count). The van der Waals surface area contributed by atoms with Crippen molar-refractivity contribution in [1.29, 1.82) is 0 Å². The summed E-state index contributed by atoms with van der Waals surface area (Å²) < 4.78 is 11.3. The third kappa shape index (κ3) is 11.3. The molecule has 1 aromatic heterocycles. The maximum Gasteiger partial charge on any atom is 0.251 e. The number of hydrogen-bond acceptors (Lipinski definition) is 10. The van der Waals surface area contributed by atoms with Crippen LogP contribution in [0.3, 0.4) is 0 Å². The molecule has 0 unspecified atom stereocenters. The van der Waals surface area contributed by atoms with E-state index in [4.69, 9.17) is 20.2 Å². The van der Waals surface area contributed by atoms with Crippen molar-refractivity contribution in [2.45, 2.75) is 64.6 Å². The van der Waals surface area contributed by atoms with Crippen LogP contribution in [0.4, 0.5) is 11.6 Å².